The molecule has 1 aliphatic heterocycles. The van der Waals surface area contributed by atoms with Gasteiger partial charge in [-0.3, -0.25) is 0 Å². The lowest BCUT2D eigenvalue weighted by molar-refractivity contribution is 0.170. The first kappa shape index (κ1) is 13.5. The molecule has 0 unspecified atom stereocenters. The van der Waals surface area contributed by atoms with Crippen LogP contribution in [0.3, 0.4) is 0 Å². The molecular weight excluding hydrogens is 316 g/mol. The van der Waals surface area contributed by atoms with Crippen LogP contribution in [0.15, 0.2) is 40.9 Å². The Hall–Kier alpha value is -1.48. The summed E-state index contributed by atoms with van der Waals surface area (Å²) >= 11 is 3.54. The van der Waals surface area contributed by atoms with Crippen molar-refractivity contribution in [2.24, 2.45) is 0 Å². The fourth-order valence-corrected chi connectivity index (χ4v) is 2.92. The molecule has 0 fully saturated rings. The molecule has 2 nitrogen and oxygen atoms in total. The van der Waals surface area contributed by atoms with Gasteiger partial charge in [-0.1, -0.05) is 47.1 Å². The van der Waals surface area contributed by atoms with Crippen LogP contribution in [0.1, 0.15) is 23.6 Å². The van der Waals surface area contributed by atoms with Crippen LogP contribution in [0.4, 0.5) is 0 Å². The molecule has 1 heterocycles. The molecule has 0 spiro atoms. The summed E-state index contributed by atoms with van der Waals surface area (Å²) in [5, 5.41) is 0. The van der Waals surface area contributed by atoms with Crippen molar-refractivity contribution in [3.8, 4) is 11.5 Å². The molecular formula is C17H17BrO2. The van der Waals surface area contributed by atoms with E-state index >= 15 is 0 Å². The molecule has 3 heteroatoms. The molecule has 0 N–H and O–H groups in total. The summed E-state index contributed by atoms with van der Waals surface area (Å²) in [6.07, 6.45) is 1.93. The Morgan fingerprint density at radius 2 is 1.70 bits per heavy atom. The van der Waals surface area contributed by atoms with Gasteiger partial charge in [0.15, 0.2) is 11.5 Å². The lowest BCUT2D eigenvalue weighted by atomic mass is 10.0. The third-order valence-corrected chi connectivity index (χ3v) is 3.97. The molecule has 0 radical (unpaired) electrons. The SMILES string of the molecule is CCc1ccc(Cc2cc(Br)cc3c2OCCO3)cc1. The van der Waals surface area contributed by atoms with Crippen molar-refractivity contribution in [2.45, 2.75) is 19.8 Å². The summed E-state index contributed by atoms with van der Waals surface area (Å²) in [5.74, 6) is 1.73. The maximum Gasteiger partial charge on any atom is 0.164 e. The van der Waals surface area contributed by atoms with E-state index in [0.29, 0.717) is 13.2 Å². The van der Waals surface area contributed by atoms with Gasteiger partial charge in [-0.15, -0.1) is 0 Å². The van der Waals surface area contributed by atoms with Gasteiger partial charge in [0.25, 0.3) is 0 Å². The summed E-state index contributed by atoms with van der Waals surface area (Å²) in [5.41, 5.74) is 3.82. The van der Waals surface area contributed by atoms with Gasteiger partial charge in [0.2, 0.25) is 0 Å². The molecule has 1 aliphatic rings. The summed E-state index contributed by atoms with van der Waals surface area (Å²) in [6, 6.07) is 12.8. The fourth-order valence-electron chi connectivity index (χ4n) is 2.43. The Morgan fingerprint density at radius 3 is 2.45 bits per heavy atom. The van der Waals surface area contributed by atoms with Crippen LogP contribution in [-0.2, 0) is 12.8 Å². The third-order valence-electron chi connectivity index (χ3n) is 3.51. The Kier molecular flexibility index (Phi) is 3.97. The largest absolute Gasteiger partial charge is 0.486 e. The molecule has 104 valence electrons. The standard InChI is InChI=1S/C17H17BrO2/c1-2-12-3-5-13(6-4-12)9-14-10-15(18)11-16-17(14)20-8-7-19-16/h3-6,10-11H,2,7-9H2,1H3. The number of benzene rings is 2. The van der Waals surface area contributed by atoms with Crippen LogP contribution in [0, 0.1) is 0 Å². The van der Waals surface area contributed by atoms with E-state index in [1.165, 1.54) is 16.7 Å². The van der Waals surface area contributed by atoms with Crippen molar-refractivity contribution < 1.29 is 9.47 Å². The highest BCUT2D eigenvalue weighted by Crippen LogP contribution is 2.38. The molecule has 2 aromatic carbocycles. The molecule has 0 amide bonds. The maximum atomic E-state index is 5.78. The number of fused-ring (bicyclic) bond motifs is 1. The number of halogens is 1. The van der Waals surface area contributed by atoms with Gasteiger partial charge in [0.1, 0.15) is 13.2 Å². The van der Waals surface area contributed by atoms with E-state index in [2.05, 4.69) is 53.2 Å². The Morgan fingerprint density at radius 1 is 1.00 bits per heavy atom. The Bertz CT molecular complexity index is 605. The quantitative estimate of drug-likeness (QED) is 0.830. The lowest BCUT2D eigenvalue weighted by Gasteiger charge is -2.21. The summed E-state index contributed by atoms with van der Waals surface area (Å²) < 4.78 is 12.5. The van der Waals surface area contributed by atoms with Crippen LogP contribution in [0.2, 0.25) is 0 Å². The van der Waals surface area contributed by atoms with E-state index in [1.807, 2.05) is 6.07 Å². The Balaban J connectivity index is 1.91. The highest BCUT2D eigenvalue weighted by Gasteiger charge is 2.17. The normalized spacial score (nSPS) is 13.3. The average Bonchev–Trinajstić information content (AvgIpc) is 2.48. The average molecular weight is 333 g/mol. The number of aryl methyl sites for hydroxylation is 1. The van der Waals surface area contributed by atoms with Crippen molar-refractivity contribution in [3.63, 3.8) is 0 Å². The van der Waals surface area contributed by atoms with Crippen molar-refractivity contribution >= 4 is 15.9 Å². The molecule has 0 aliphatic carbocycles. The molecule has 0 saturated heterocycles. The van der Waals surface area contributed by atoms with Crippen molar-refractivity contribution in [1.29, 1.82) is 0 Å². The molecule has 0 saturated carbocycles. The van der Waals surface area contributed by atoms with Crippen LogP contribution in [-0.4, -0.2) is 13.2 Å². The first-order valence-corrected chi connectivity index (χ1v) is 7.71. The van der Waals surface area contributed by atoms with Crippen molar-refractivity contribution in [3.05, 3.63) is 57.6 Å². The lowest BCUT2D eigenvalue weighted by Crippen LogP contribution is -2.16. The van der Waals surface area contributed by atoms with E-state index in [1.54, 1.807) is 0 Å². The number of ether oxygens (including phenoxy) is 2. The highest BCUT2D eigenvalue weighted by atomic mass is 79.9. The first-order chi connectivity index (χ1) is 9.76. The van der Waals surface area contributed by atoms with Gasteiger partial charge in [0, 0.05) is 16.5 Å². The summed E-state index contributed by atoms with van der Waals surface area (Å²) in [4.78, 5) is 0. The minimum absolute atomic E-state index is 0.619. The molecule has 0 aromatic heterocycles. The van der Waals surface area contributed by atoms with Crippen LogP contribution in [0.25, 0.3) is 0 Å². The third kappa shape index (κ3) is 2.83. The van der Waals surface area contributed by atoms with Crippen molar-refractivity contribution in [1.82, 2.24) is 0 Å². The van der Waals surface area contributed by atoms with Gasteiger partial charge in [-0.05, 0) is 29.7 Å². The Labute approximate surface area is 127 Å². The second kappa shape index (κ2) is 5.88. The monoisotopic (exact) mass is 332 g/mol. The van der Waals surface area contributed by atoms with Gasteiger partial charge >= 0.3 is 0 Å². The predicted octanol–water partition coefficient (Wildman–Crippen LogP) is 4.37. The molecule has 3 rings (SSSR count). The van der Waals surface area contributed by atoms with Crippen LogP contribution < -0.4 is 9.47 Å². The zero-order valence-electron chi connectivity index (χ0n) is 11.5. The first-order valence-electron chi connectivity index (χ1n) is 6.92. The van der Waals surface area contributed by atoms with E-state index in [9.17, 15) is 0 Å². The molecule has 0 bridgehead atoms. The second-order valence-electron chi connectivity index (χ2n) is 4.94. The second-order valence-corrected chi connectivity index (χ2v) is 5.85. The molecule has 20 heavy (non-hydrogen) atoms. The molecule has 0 atom stereocenters. The molecule has 2 aromatic rings. The van der Waals surface area contributed by atoms with Gasteiger partial charge in [-0.2, -0.15) is 0 Å². The van der Waals surface area contributed by atoms with E-state index in [-0.39, 0.29) is 0 Å². The van der Waals surface area contributed by atoms with Gasteiger partial charge < -0.3 is 9.47 Å². The van der Waals surface area contributed by atoms with Crippen molar-refractivity contribution in [2.75, 3.05) is 13.2 Å². The van der Waals surface area contributed by atoms with E-state index < -0.39 is 0 Å². The topological polar surface area (TPSA) is 18.5 Å². The zero-order valence-corrected chi connectivity index (χ0v) is 13.1. The minimum atomic E-state index is 0.619. The summed E-state index contributed by atoms with van der Waals surface area (Å²) in [6.45, 7) is 3.41. The van der Waals surface area contributed by atoms with Crippen LogP contribution in [0.5, 0.6) is 11.5 Å². The van der Waals surface area contributed by atoms with Crippen LogP contribution >= 0.6 is 15.9 Å². The number of hydrogen-bond acceptors (Lipinski definition) is 2. The minimum Gasteiger partial charge on any atom is -0.486 e. The zero-order chi connectivity index (χ0) is 13.9. The highest BCUT2D eigenvalue weighted by molar-refractivity contribution is 9.10. The van der Waals surface area contributed by atoms with E-state index in [0.717, 1.165) is 28.8 Å². The smallest absolute Gasteiger partial charge is 0.164 e. The fraction of sp³-hybridized carbons (Fsp3) is 0.294. The predicted molar refractivity (Wildman–Crippen MR) is 83.8 cm³/mol. The number of rotatable bonds is 3. The van der Waals surface area contributed by atoms with Gasteiger partial charge in [-0.25, -0.2) is 0 Å². The number of hydrogen-bond donors (Lipinski definition) is 0. The summed E-state index contributed by atoms with van der Waals surface area (Å²) in [7, 11) is 0. The maximum absolute atomic E-state index is 5.78. The van der Waals surface area contributed by atoms with Gasteiger partial charge in [0.05, 0.1) is 0 Å². The van der Waals surface area contributed by atoms with E-state index in [4.69, 9.17) is 9.47 Å².